The normalized spacial score (nSPS) is 15.1. The molecule has 0 bridgehead atoms. The summed E-state index contributed by atoms with van der Waals surface area (Å²) < 4.78 is 6.51. The Balaban J connectivity index is 1.53. The van der Waals surface area contributed by atoms with E-state index in [9.17, 15) is 4.79 Å². The number of thiocarbonyl (C=S) groups is 1. The van der Waals surface area contributed by atoms with E-state index in [-0.39, 0.29) is 5.91 Å². The van der Waals surface area contributed by atoms with Gasteiger partial charge < -0.3 is 4.74 Å². The highest BCUT2D eigenvalue weighted by atomic mass is 32.2. The van der Waals surface area contributed by atoms with E-state index in [1.165, 1.54) is 17.3 Å². The number of carbonyl (C=O) groups excluding carboxylic acids is 1. The number of rotatable bonds is 5. The van der Waals surface area contributed by atoms with Gasteiger partial charge in [0.1, 0.15) is 12.4 Å². The molecule has 1 aliphatic heterocycles. The summed E-state index contributed by atoms with van der Waals surface area (Å²) in [7, 11) is 0. The summed E-state index contributed by atoms with van der Waals surface area (Å²) in [6.45, 7) is 6.56. The molecule has 1 aliphatic rings. The van der Waals surface area contributed by atoms with E-state index in [0.717, 1.165) is 33.7 Å². The van der Waals surface area contributed by atoms with Crippen LogP contribution in [-0.2, 0) is 11.4 Å². The van der Waals surface area contributed by atoms with Gasteiger partial charge in [-0.3, -0.25) is 9.69 Å². The van der Waals surface area contributed by atoms with Crippen LogP contribution in [0.25, 0.3) is 6.08 Å². The molecule has 0 saturated carbocycles. The van der Waals surface area contributed by atoms with Crippen molar-refractivity contribution >= 4 is 46.0 Å². The van der Waals surface area contributed by atoms with E-state index in [4.69, 9.17) is 17.0 Å². The van der Waals surface area contributed by atoms with Crippen LogP contribution in [-0.4, -0.2) is 10.2 Å². The number of thioether (sulfide) groups is 1. The summed E-state index contributed by atoms with van der Waals surface area (Å²) in [5, 5.41) is 0. The van der Waals surface area contributed by atoms with Crippen molar-refractivity contribution in [3.05, 3.63) is 99.5 Å². The fourth-order valence-electron chi connectivity index (χ4n) is 3.52. The Morgan fingerprint density at radius 1 is 0.968 bits per heavy atom. The first kappa shape index (κ1) is 21.3. The quantitative estimate of drug-likeness (QED) is 0.327. The summed E-state index contributed by atoms with van der Waals surface area (Å²) >= 11 is 6.88. The van der Waals surface area contributed by atoms with Crippen LogP contribution in [0.15, 0.2) is 71.6 Å². The molecular formula is C26H23NO2S2. The minimum atomic E-state index is -0.0848. The number of aryl methyl sites for hydroxylation is 3. The van der Waals surface area contributed by atoms with Gasteiger partial charge >= 0.3 is 0 Å². The lowest BCUT2D eigenvalue weighted by molar-refractivity contribution is -0.113. The van der Waals surface area contributed by atoms with E-state index in [2.05, 4.69) is 31.2 Å². The predicted octanol–water partition coefficient (Wildman–Crippen LogP) is 6.60. The maximum Gasteiger partial charge on any atom is 0.270 e. The topological polar surface area (TPSA) is 29.5 Å². The largest absolute Gasteiger partial charge is 0.489 e. The Morgan fingerprint density at radius 2 is 1.65 bits per heavy atom. The second-order valence-electron chi connectivity index (χ2n) is 7.60. The van der Waals surface area contributed by atoms with Crippen molar-refractivity contribution in [2.75, 3.05) is 4.90 Å². The van der Waals surface area contributed by atoms with Gasteiger partial charge in [-0.1, -0.05) is 84.1 Å². The van der Waals surface area contributed by atoms with Crippen LogP contribution >= 0.6 is 24.0 Å². The van der Waals surface area contributed by atoms with Crippen LogP contribution in [0.3, 0.4) is 0 Å². The van der Waals surface area contributed by atoms with Gasteiger partial charge in [-0.05, 0) is 61.2 Å². The lowest BCUT2D eigenvalue weighted by atomic mass is 10.1. The number of carbonyl (C=O) groups is 1. The molecule has 0 spiro atoms. The van der Waals surface area contributed by atoms with Gasteiger partial charge in [0.2, 0.25) is 0 Å². The Hall–Kier alpha value is -2.89. The molecule has 3 aromatic carbocycles. The number of nitrogens with zero attached hydrogens (tertiary/aromatic N) is 1. The van der Waals surface area contributed by atoms with Crippen LogP contribution in [0.4, 0.5) is 5.69 Å². The first-order valence-corrected chi connectivity index (χ1v) is 11.3. The van der Waals surface area contributed by atoms with Gasteiger partial charge in [-0.25, -0.2) is 0 Å². The van der Waals surface area contributed by atoms with Crippen molar-refractivity contribution in [2.24, 2.45) is 0 Å². The summed E-state index contributed by atoms with van der Waals surface area (Å²) in [6.07, 6.45) is 1.88. The van der Waals surface area contributed by atoms with E-state index >= 15 is 0 Å². The minimum Gasteiger partial charge on any atom is -0.489 e. The Morgan fingerprint density at radius 3 is 2.35 bits per heavy atom. The second kappa shape index (κ2) is 9.08. The van der Waals surface area contributed by atoms with E-state index in [0.29, 0.717) is 15.8 Å². The van der Waals surface area contributed by atoms with Crippen molar-refractivity contribution in [1.82, 2.24) is 0 Å². The zero-order chi connectivity index (χ0) is 22.0. The zero-order valence-electron chi connectivity index (χ0n) is 17.7. The third-order valence-corrected chi connectivity index (χ3v) is 6.44. The van der Waals surface area contributed by atoms with Gasteiger partial charge in [-0.15, -0.1) is 0 Å². The summed E-state index contributed by atoms with van der Waals surface area (Å²) in [4.78, 5) is 15.4. The van der Waals surface area contributed by atoms with Crippen LogP contribution in [0.2, 0.25) is 0 Å². The molecule has 3 nitrogen and oxygen atoms in total. The smallest absolute Gasteiger partial charge is 0.270 e. The fraction of sp³-hybridized carbons (Fsp3) is 0.154. The van der Waals surface area contributed by atoms with Crippen molar-refractivity contribution in [3.63, 3.8) is 0 Å². The number of para-hydroxylation sites is 1. The summed E-state index contributed by atoms with van der Waals surface area (Å²) in [5.74, 6) is 0.679. The molecule has 0 aromatic heterocycles. The zero-order valence-corrected chi connectivity index (χ0v) is 19.3. The maximum atomic E-state index is 13.2. The molecule has 4 rings (SSSR count). The third-order valence-electron chi connectivity index (χ3n) is 5.14. The summed E-state index contributed by atoms with van der Waals surface area (Å²) in [6, 6.07) is 22.0. The van der Waals surface area contributed by atoms with Crippen molar-refractivity contribution in [3.8, 4) is 5.75 Å². The SMILES string of the molecule is Cc1ccc(COc2cccc(/C=C3\SC(=S)N(c4c(C)cccc4C)C3=O)c2)cc1. The third kappa shape index (κ3) is 4.73. The lowest BCUT2D eigenvalue weighted by Gasteiger charge is -2.19. The molecule has 156 valence electrons. The average Bonchev–Trinajstić information content (AvgIpc) is 3.01. The standard InChI is InChI=1S/C26H23NO2S2/c1-17-10-12-20(13-11-17)16-29-22-9-5-8-21(14-22)15-23-25(28)27(26(30)31-23)24-18(2)6-4-7-19(24)3/h4-15H,16H2,1-3H3/b23-15-. The molecule has 5 heteroatoms. The summed E-state index contributed by atoms with van der Waals surface area (Å²) in [5.41, 5.74) is 6.19. The van der Waals surface area contributed by atoms with Gasteiger partial charge in [-0.2, -0.15) is 0 Å². The van der Waals surface area contributed by atoms with E-state index in [1.54, 1.807) is 4.90 Å². The molecule has 0 N–H and O–H groups in total. The molecule has 0 radical (unpaired) electrons. The Bertz CT molecular complexity index is 1160. The number of hydrogen-bond acceptors (Lipinski definition) is 4. The molecule has 31 heavy (non-hydrogen) atoms. The molecule has 1 saturated heterocycles. The van der Waals surface area contributed by atoms with Crippen LogP contribution < -0.4 is 9.64 Å². The molecule has 1 amide bonds. The molecule has 1 fully saturated rings. The number of benzene rings is 3. The maximum absolute atomic E-state index is 13.2. The van der Waals surface area contributed by atoms with Crippen LogP contribution in [0, 0.1) is 20.8 Å². The molecule has 3 aromatic rings. The van der Waals surface area contributed by atoms with Crippen LogP contribution in [0.1, 0.15) is 27.8 Å². The number of anilines is 1. The highest BCUT2D eigenvalue weighted by Gasteiger charge is 2.34. The Kier molecular flexibility index (Phi) is 6.25. The number of hydrogen-bond donors (Lipinski definition) is 0. The Labute approximate surface area is 192 Å². The van der Waals surface area contributed by atoms with Gasteiger partial charge in [0.25, 0.3) is 5.91 Å². The first-order chi connectivity index (χ1) is 14.9. The molecule has 0 atom stereocenters. The van der Waals surface area contributed by atoms with Crippen molar-refractivity contribution < 1.29 is 9.53 Å². The van der Waals surface area contributed by atoms with Crippen molar-refractivity contribution in [1.29, 1.82) is 0 Å². The molecule has 1 heterocycles. The van der Waals surface area contributed by atoms with Gasteiger partial charge in [0.15, 0.2) is 4.32 Å². The second-order valence-corrected chi connectivity index (χ2v) is 9.28. The fourth-order valence-corrected chi connectivity index (χ4v) is 4.79. The predicted molar refractivity (Wildman–Crippen MR) is 134 cm³/mol. The minimum absolute atomic E-state index is 0.0848. The molecular weight excluding hydrogens is 422 g/mol. The van der Waals surface area contributed by atoms with E-state index in [1.807, 2.05) is 62.4 Å². The molecule has 0 unspecified atom stereocenters. The van der Waals surface area contributed by atoms with Crippen molar-refractivity contribution in [2.45, 2.75) is 27.4 Å². The average molecular weight is 446 g/mol. The van der Waals surface area contributed by atoms with Crippen LogP contribution in [0.5, 0.6) is 5.75 Å². The number of amides is 1. The van der Waals surface area contributed by atoms with Gasteiger partial charge in [0.05, 0.1) is 10.6 Å². The lowest BCUT2D eigenvalue weighted by Crippen LogP contribution is -2.29. The monoisotopic (exact) mass is 445 g/mol. The first-order valence-electron chi connectivity index (χ1n) is 10.0. The molecule has 0 aliphatic carbocycles. The number of ether oxygens (including phenoxy) is 1. The highest BCUT2D eigenvalue weighted by Crippen LogP contribution is 2.38. The van der Waals surface area contributed by atoms with Gasteiger partial charge in [0, 0.05) is 0 Å². The van der Waals surface area contributed by atoms with E-state index < -0.39 is 0 Å². The highest BCUT2D eigenvalue weighted by molar-refractivity contribution is 8.27.